The van der Waals surface area contributed by atoms with Crippen LogP contribution in [0.2, 0.25) is 0 Å². The summed E-state index contributed by atoms with van der Waals surface area (Å²) in [5, 5.41) is 1.72. The molecule has 5 nitrogen and oxygen atoms in total. The third kappa shape index (κ3) is 5.66. The molecule has 2 rings (SSSR count). The van der Waals surface area contributed by atoms with Gasteiger partial charge in [-0.25, -0.2) is 9.34 Å². The minimum absolute atomic E-state index is 0.107. The largest absolute Gasteiger partial charge is 0.471 e. The van der Waals surface area contributed by atoms with Crippen molar-refractivity contribution in [2.75, 3.05) is 14.1 Å². The molecule has 0 saturated heterocycles. The zero-order chi connectivity index (χ0) is 20.1. The van der Waals surface area contributed by atoms with Crippen LogP contribution in [0.15, 0.2) is 60.7 Å². The van der Waals surface area contributed by atoms with Crippen LogP contribution in [0.3, 0.4) is 0 Å². The van der Waals surface area contributed by atoms with Gasteiger partial charge in [0, 0.05) is 13.1 Å². The fraction of sp³-hybridized carbons (Fsp3) is 0.278. The number of amides is 1. The van der Waals surface area contributed by atoms with Crippen LogP contribution in [0.25, 0.3) is 0 Å². The fourth-order valence-electron chi connectivity index (χ4n) is 2.51. The molecule has 0 aromatic heterocycles. The van der Waals surface area contributed by atoms with Gasteiger partial charge in [-0.1, -0.05) is 60.7 Å². The maximum atomic E-state index is 13.5. The van der Waals surface area contributed by atoms with E-state index in [0.29, 0.717) is 0 Å². The maximum Gasteiger partial charge on any atom is 0.471 e. The highest BCUT2D eigenvalue weighted by Crippen LogP contribution is 2.49. The molecule has 0 aliphatic rings. The average molecular weight is 399 g/mol. The molecule has 1 amide bonds. The molecule has 27 heavy (non-hydrogen) atoms. The highest BCUT2D eigenvalue weighted by molar-refractivity contribution is 7.57. The predicted molar refractivity (Wildman–Crippen MR) is 97.6 cm³/mol. The molecule has 0 atom stereocenters. The smallest absolute Gasteiger partial charge is 0.275 e. The van der Waals surface area contributed by atoms with E-state index in [4.69, 9.17) is 0 Å². The van der Waals surface area contributed by atoms with Crippen molar-refractivity contribution in [1.82, 2.24) is 14.4 Å². The van der Waals surface area contributed by atoms with Crippen molar-refractivity contribution < 1.29 is 22.5 Å². The molecule has 0 spiro atoms. The van der Waals surface area contributed by atoms with Gasteiger partial charge in [0.05, 0.1) is 0 Å². The lowest BCUT2D eigenvalue weighted by Crippen LogP contribution is -2.42. The Hall–Kier alpha value is -2.15. The van der Waals surface area contributed by atoms with Crippen LogP contribution in [-0.2, 0) is 22.4 Å². The minimum Gasteiger partial charge on any atom is -0.275 e. The number of rotatable bonds is 7. The third-order valence-corrected chi connectivity index (χ3v) is 6.57. The van der Waals surface area contributed by atoms with Crippen LogP contribution in [0, 0.1) is 0 Å². The lowest BCUT2D eigenvalue weighted by atomic mass is 10.2. The highest BCUT2D eigenvalue weighted by Gasteiger charge is 2.45. The Morgan fingerprint density at radius 1 is 0.889 bits per heavy atom. The van der Waals surface area contributed by atoms with Crippen LogP contribution in [-0.4, -0.2) is 35.5 Å². The van der Waals surface area contributed by atoms with Crippen molar-refractivity contribution >= 4 is 13.5 Å². The molecule has 0 saturated carbocycles. The number of hydrogen-bond donors (Lipinski definition) is 1. The molecule has 2 aromatic carbocycles. The highest BCUT2D eigenvalue weighted by atomic mass is 31.2. The molecule has 2 aromatic rings. The molecule has 0 unspecified atom stereocenters. The van der Waals surface area contributed by atoms with E-state index in [1.807, 2.05) is 0 Å². The summed E-state index contributed by atoms with van der Waals surface area (Å²) in [6, 6.07) is 17.8. The Kier molecular flexibility index (Phi) is 6.81. The second kappa shape index (κ2) is 8.69. The van der Waals surface area contributed by atoms with E-state index in [0.717, 1.165) is 11.1 Å². The van der Waals surface area contributed by atoms with Gasteiger partial charge in [-0.05, 0) is 25.2 Å². The number of nitrogens with zero attached hydrogens (tertiary/aromatic N) is 2. The Morgan fingerprint density at radius 2 is 1.26 bits per heavy atom. The van der Waals surface area contributed by atoms with Crippen molar-refractivity contribution in [2.45, 2.75) is 19.3 Å². The Morgan fingerprint density at radius 3 is 1.59 bits per heavy atom. The first-order valence-corrected chi connectivity index (χ1v) is 9.74. The lowest BCUT2D eigenvalue weighted by molar-refractivity contribution is -0.171. The van der Waals surface area contributed by atoms with Gasteiger partial charge in [0.1, 0.15) is 0 Å². The summed E-state index contributed by atoms with van der Waals surface area (Å²) in [7, 11) is -1.19. The van der Waals surface area contributed by atoms with Gasteiger partial charge in [0.2, 0.25) is 0 Å². The van der Waals surface area contributed by atoms with Crippen molar-refractivity contribution in [3.8, 4) is 0 Å². The Balaban J connectivity index is 2.29. The minimum atomic E-state index is -5.13. The number of carbonyl (C=O) groups is 1. The molecule has 0 bridgehead atoms. The average Bonchev–Trinajstić information content (AvgIpc) is 2.62. The normalized spacial score (nSPS) is 12.4. The van der Waals surface area contributed by atoms with E-state index in [-0.39, 0.29) is 13.1 Å². The number of alkyl halides is 3. The van der Waals surface area contributed by atoms with E-state index in [1.165, 1.54) is 23.4 Å². The first kappa shape index (κ1) is 21.2. The van der Waals surface area contributed by atoms with Crippen molar-refractivity contribution in [3.63, 3.8) is 0 Å². The summed E-state index contributed by atoms with van der Waals surface area (Å²) in [5.41, 5.74) is 1.52. The molecule has 0 aliphatic heterocycles. The predicted octanol–water partition coefficient (Wildman–Crippen LogP) is 4.04. The van der Waals surface area contributed by atoms with Gasteiger partial charge in [0.25, 0.3) is 0 Å². The van der Waals surface area contributed by atoms with Crippen molar-refractivity contribution in [1.29, 1.82) is 0 Å². The van der Waals surface area contributed by atoms with Crippen LogP contribution in [0.4, 0.5) is 13.2 Å². The van der Waals surface area contributed by atoms with Gasteiger partial charge >= 0.3 is 19.7 Å². The molecule has 0 aliphatic carbocycles. The SMILES string of the molecule is CN(Cc1ccccc1)P(=O)(NC(=O)C(F)(F)F)N(C)Cc1ccccc1. The topological polar surface area (TPSA) is 52.7 Å². The Labute approximate surface area is 156 Å². The monoisotopic (exact) mass is 399 g/mol. The third-order valence-electron chi connectivity index (χ3n) is 3.94. The second-order valence-corrected chi connectivity index (χ2v) is 8.76. The maximum absolute atomic E-state index is 13.5. The number of benzene rings is 2. The summed E-state index contributed by atoms with van der Waals surface area (Å²) in [4.78, 5) is 11.5. The van der Waals surface area contributed by atoms with Gasteiger partial charge in [-0.15, -0.1) is 0 Å². The number of carbonyl (C=O) groups excluding carboxylic acids is 1. The molecular formula is C18H21F3N3O2P. The zero-order valence-corrected chi connectivity index (χ0v) is 15.9. The van der Waals surface area contributed by atoms with Gasteiger partial charge in [0.15, 0.2) is 0 Å². The van der Waals surface area contributed by atoms with Crippen LogP contribution in [0.5, 0.6) is 0 Å². The van der Waals surface area contributed by atoms with Gasteiger partial charge in [-0.2, -0.15) is 13.2 Å². The van der Waals surface area contributed by atoms with E-state index in [9.17, 15) is 22.5 Å². The number of halogens is 3. The summed E-state index contributed by atoms with van der Waals surface area (Å²) < 4.78 is 54.4. The van der Waals surface area contributed by atoms with Gasteiger partial charge < -0.3 is 0 Å². The first-order chi connectivity index (χ1) is 12.6. The molecule has 9 heteroatoms. The van der Waals surface area contributed by atoms with Crippen molar-refractivity contribution in [3.05, 3.63) is 71.8 Å². The number of nitrogens with one attached hydrogen (secondary N) is 1. The molecule has 0 fully saturated rings. The Bertz CT molecular complexity index is 749. The molecule has 146 valence electrons. The van der Waals surface area contributed by atoms with E-state index in [1.54, 1.807) is 65.8 Å². The number of hydrogen-bond acceptors (Lipinski definition) is 2. The second-order valence-electron chi connectivity index (χ2n) is 6.09. The summed E-state index contributed by atoms with van der Waals surface area (Å²) in [6.45, 7) is 0.213. The molecular weight excluding hydrogens is 378 g/mol. The van der Waals surface area contributed by atoms with E-state index < -0.39 is 19.7 Å². The summed E-state index contributed by atoms with van der Waals surface area (Å²) in [5.74, 6) is -2.23. The van der Waals surface area contributed by atoms with Gasteiger partial charge in [-0.3, -0.25) is 14.4 Å². The quantitative estimate of drug-likeness (QED) is 0.715. The van der Waals surface area contributed by atoms with E-state index in [2.05, 4.69) is 0 Å². The van der Waals surface area contributed by atoms with Crippen LogP contribution in [0.1, 0.15) is 11.1 Å². The molecule has 1 N–H and O–H groups in total. The first-order valence-electron chi connectivity index (χ1n) is 8.13. The summed E-state index contributed by atoms with van der Waals surface area (Å²) in [6.07, 6.45) is -5.13. The molecule has 0 heterocycles. The van der Waals surface area contributed by atoms with Crippen LogP contribution < -0.4 is 5.09 Å². The lowest BCUT2D eigenvalue weighted by Gasteiger charge is -2.35. The van der Waals surface area contributed by atoms with Crippen molar-refractivity contribution in [2.24, 2.45) is 0 Å². The standard InChI is InChI=1S/C18H21F3N3O2P/c1-23(13-15-9-5-3-6-10-15)27(26,22-17(25)18(19,20)21)24(2)14-16-11-7-4-8-12-16/h3-12H,13-14H2,1-2H3,(H,22,25,26). The van der Waals surface area contributed by atoms with Crippen LogP contribution >= 0.6 is 7.59 Å². The summed E-state index contributed by atoms with van der Waals surface area (Å²) >= 11 is 0. The zero-order valence-electron chi connectivity index (χ0n) is 15.0. The van der Waals surface area contributed by atoms with E-state index >= 15 is 0 Å². The fourth-order valence-corrected chi connectivity index (χ4v) is 4.48. The molecule has 0 radical (unpaired) electrons.